The molecule has 1 amide bonds. The molecule has 0 spiro atoms. The van der Waals surface area contributed by atoms with Crippen LogP contribution in [-0.4, -0.2) is 28.9 Å². The van der Waals surface area contributed by atoms with E-state index in [4.69, 9.17) is 0 Å². The molecule has 0 unspecified atom stereocenters. The predicted molar refractivity (Wildman–Crippen MR) is 111 cm³/mol. The van der Waals surface area contributed by atoms with Gasteiger partial charge in [-0.3, -0.25) is 4.79 Å². The third kappa shape index (κ3) is 3.98. The van der Waals surface area contributed by atoms with Gasteiger partial charge in [0.25, 0.3) is 0 Å². The zero-order chi connectivity index (χ0) is 21.3. The standard InChI is InChI=1S/C20H18N6O3S/c1-14(27)21-15-7-9-16(10-8-15)30(28,29)24-19-20(26-12-11-25(2)13-26)23-18-6-4-3-5-17(18)22-19/h3-13H,1-2H3,(H-,21,22,24,27). The van der Waals surface area contributed by atoms with Crippen molar-refractivity contribution < 1.29 is 17.8 Å². The number of hydrogen-bond donors (Lipinski definition) is 1. The first-order valence-electron chi connectivity index (χ1n) is 8.98. The Kier molecular flexibility index (Phi) is 4.92. The molecule has 2 heterocycles. The number of para-hydroxylation sites is 2. The van der Waals surface area contributed by atoms with E-state index in [9.17, 15) is 13.2 Å². The molecular formula is C20H18N6O3S. The molecule has 0 saturated carbocycles. The summed E-state index contributed by atoms with van der Waals surface area (Å²) in [5, 5.41) is 2.59. The maximum Gasteiger partial charge on any atom is 0.250 e. The van der Waals surface area contributed by atoms with Crippen molar-refractivity contribution in [3.8, 4) is 5.82 Å². The number of sulfonamides is 1. The molecule has 0 atom stereocenters. The van der Waals surface area contributed by atoms with Gasteiger partial charge in [-0.05, 0) is 35.8 Å². The first kappa shape index (κ1) is 19.5. The highest BCUT2D eigenvalue weighted by molar-refractivity contribution is 7.94. The average molecular weight is 422 g/mol. The summed E-state index contributed by atoms with van der Waals surface area (Å²) >= 11 is 0. The van der Waals surface area contributed by atoms with Gasteiger partial charge < -0.3 is 15.0 Å². The summed E-state index contributed by atoms with van der Waals surface area (Å²) in [6.07, 6.45) is 5.29. The van der Waals surface area contributed by atoms with Crippen LogP contribution in [0, 0.1) is 0 Å². The maximum atomic E-state index is 12.9. The highest BCUT2D eigenvalue weighted by atomic mass is 32.2. The lowest BCUT2D eigenvalue weighted by molar-refractivity contribution is -0.670. The van der Waals surface area contributed by atoms with Gasteiger partial charge in [0.05, 0.1) is 17.5 Å². The minimum absolute atomic E-state index is 0.0177. The summed E-state index contributed by atoms with van der Waals surface area (Å²) < 4.78 is 33.3. The molecule has 9 nitrogen and oxygen atoms in total. The van der Waals surface area contributed by atoms with Gasteiger partial charge in [-0.1, -0.05) is 18.2 Å². The first-order chi connectivity index (χ1) is 14.3. The molecule has 4 aromatic rings. The smallest absolute Gasteiger partial charge is 0.250 e. The van der Waals surface area contributed by atoms with Gasteiger partial charge in [-0.2, -0.15) is 4.57 Å². The summed E-state index contributed by atoms with van der Waals surface area (Å²) in [4.78, 5) is 20.1. The molecule has 0 fully saturated rings. The number of benzene rings is 2. The molecular weight excluding hydrogens is 404 g/mol. The van der Waals surface area contributed by atoms with Crippen LogP contribution >= 0.6 is 0 Å². The lowest BCUT2D eigenvalue weighted by atomic mass is 10.3. The molecule has 2 aromatic heterocycles. The van der Waals surface area contributed by atoms with Gasteiger partial charge in [0, 0.05) is 18.4 Å². The summed E-state index contributed by atoms with van der Waals surface area (Å²) in [5.41, 5.74) is 1.65. The largest absolute Gasteiger partial charge is 0.429 e. The molecule has 0 radical (unpaired) electrons. The molecule has 152 valence electrons. The van der Waals surface area contributed by atoms with E-state index in [1.54, 1.807) is 46.1 Å². The van der Waals surface area contributed by atoms with Crippen molar-refractivity contribution in [1.82, 2.24) is 14.5 Å². The van der Waals surface area contributed by atoms with Crippen LogP contribution < -0.4 is 9.88 Å². The molecule has 0 saturated heterocycles. The van der Waals surface area contributed by atoms with Crippen LogP contribution in [0.15, 0.2) is 72.1 Å². The van der Waals surface area contributed by atoms with Gasteiger partial charge in [-0.15, -0.1) is 0 Å². The van der Waals surface area contributed by atoms with Gasteiger partial charge in [0.2, 0.25) is 28.1 Å². The van der Waals surface area contributed by atoms with Crippen LogP contribution in [0.3, 0.4) is 0 Å². The minimum Gasteiger partial charge on any atom is -0.429 e. The zero-order valence-electron chi connectivity index (χ0n) is 16.2. The number of carbonyl (C=O) groups excluding carboxylic acids is 1. The van der Waals surface area contributed by atoms with Crippen molar-refractivity contribution in [2.24, 2.45) is 7.05 Å². The van der Waals surface area contributed by atoms with Gasteiger partial charge >= 0.3 is 0 Å². The predicted octanol–water partition coefficient (Wildman–Crippen LogP) is 2.60. The third-order valence-corrected chi connectivity index (χ3v) is 5.51. The van der Waals surface area contributed by atoms with Gasteiger partial charge in [0.15, 0.2) is 0 Å². The monoisotopic (exact) mass is 422 g/mol. The van der Waals surface area contributed by atoms with Crippen LogP contribution in [0.4, 0.5) is 11.5 Å². The van der Waals surface area contributed by atoms with E-state index in [2.05, 4.69) is 20.0 Å². The summed E-state index contributed by atoms with van der Waals surface area (Å²) in [6.45, 7) is 1.38. The number of carbonyl (C=O) groups is 1. The Morgan fingerprint density at radius 1 is 1.07 bits per heavy atom. The molecule has 2 aromatic carbocycles. The number of nitrogens with one attached hydrogen (secondary N) is 1. The van der Waals surface area contributed by atoms with Crippen molar-refractivity contribution in [3.63, 3.8) is 0 Å². The summed E-state index contributed by atoms with van der Waals surface area (Å²) in [5.74, 6) is 0.0369. The van der Waals surface area contributed by atoms with Crippen LogP contribution in [0.5, 0.6) is 0 Å². The second-order valence-electron chi connectivity index (χ2n) is 6.62. The van der Waals surface area contributed by atoms with Crippen LogP contribution in [0.1, 0.15) is 6.92 Å². The Bertz CT molecular complexity index is 1350. The average Bonchev–Trinajstić information content (AvgIpc) is 3.13. The molecule has 4 rings (SSSR count). The van der Waals surface area contributed by atoms with Crippen molar-refractivity contribution in [2.75, 3.05) is 5.32 Å². The van der Waals surface area contributed by atoms with Gasteiger partial charge in [-0.25, -0.2) is 18.0 Å². The quantitative estimate of drug-likeness (QED) is 0.497. The van der Waals surface area contributed by atoms with Crippen molar-refractivity contribution in [1.29, 1.82) is 0 Å². The van der Waals surface area contributed by atoms with Crippen molar-refractivity contribution in [3.05, 3.63) is 72.0 Å². The number of aryl methyl sites for hydroxylation is 1. The summed E-state index contributed by atoms with van der Waals surface area (Å²) in [7, 11) is -2.22. The maximum absolute atomic E-state index is 12.9. The SMILES string of the molecule is CC(=O)Nc1ccc(S(=O)(=O)[N-]c2nc3ccccc3nc2-n2cc[n+](C)c2)cc1. The number of rotatable bonds is 5. The molecule has 0 aliphatic heterocycles. The molecule has 10 heteroatoms. The zero-order valence-corrected chi connectivity index (χ0v) is 17.0. The van der Waals surface area contributed by atoms with Crippen LogP contribution in [0.2, 0.25) is 0 Å². The topological polar surface area (TPSA) is 112 Å². The Morgan fingerprint density at radius 2 is 1.73 bits per heavy atom. The molecule has 30 heavy (non-hydrogen) atoms. The number of nitrogens with zero attached hydrogens (tertiary/aromatic N) is 5. The van der Waals surface area contributed by atoms with Crippen molar-refractivity contribution >= 4 is 38.5 Å². The summed E-state index contributed by atoms with van der Waals surface area (Å²) in [6, 6.07) is 12.9. The van der Waals surface area contributed by atoms with Crippen LogP contribution in [-0.2, 0) is 21.9 Å². The molecule has 1 N–H and O–H groups in total. The minimum atomic E-state index is -4.06. The number of hydrogen-bond acceptors (Lipinski definition) is 5. The Labute approximate surface area is 173 Å². The number of anilines is 1. The Hall–Kier alpha value is -3.79. The second-order valence-corrected chi connectivity index (χ2v) is 8.22. The van der Waals surface area contributed by atoms with E-state index >= 15 is 0 Å². The molecule has 0 aliphatic rings. The molecule has 0 bridgehead atoms. The van der Waals surface area contributed by atoms with Gasteiger partial charge in [0.1, 0.15) is 12.4 Å². The number of aromatic nitrogens is 4. The van der Waals surface area contributed by atoms with E-state index in [0.29, 0.717) is 22.5 Å². The van der Waals surface area contributed by atoms with Crippen molar-refractivity contribution in [2.45, 2.75) is 11.8 Å². The number of imidazole rings is 1. The van der Waals surface area contributed by atoms with E-state index in [-0.39, 0.29) is 16.6 Å². The van der Waals surface area contributed by atoms with E-state index in [1.807, 2.05) is 13.1 Å². The number of amides is 1. The lowest BCUT2D eigenvalue weighted by Crippen LogP contribution is -2.23. The first-order valence-corrected chi connectivity index (χ1v) is 10.4. The Balaban J connectivity index is 1.75. The van der Waals surface area contributed by atoms with Crippen LogP contribution in [0.25, 0.3) is 21.6 Å². The highest BCUT2D eigenvalue weighted by Crippen LogP contribution is 2.32. The fourth-order valence-corrected chi connectivity index (χ4v) is 3.81. The second kappa shape index (κ2) is 7.56. The fraction of sp³-hybridized carbons (Fsp3) is 0.100. The molecule has 0 aliphatic carbocycles. The van der Waals surface area contributed by atoms with E-state index in [1.165, 1.54) is 31.2 Å². The Morgan fingerprint density at radius 3 is 2.33 bits per heavy atom. The normalized spacial score (nSPS) is 11.4. The highest BCUT2D eigenvalue weighted by Gasteiger charge is 2.16. The number of fused-ring (bicyclic) bond motifs is 1. The van der Waals surface area contributed by atoms with E-state index in [0.717, 1.165) is 0 Å². The lowest BCUT2D eigenvalue weighted by Gasteiger charge is -2.18. The van der Waals surface area contributed by atoms with E-state index < -0.39 is 10.0 Å². The third-order valence-electron chi connectivity index (χ3n) is 4.23. The fourth-order valence-electron chi connectivity index (χ4n) is 2.87.